The van der Waals surface area contributed by atoms with Crippen LogP contribution < -0.4 is 14.2 Å². The molecule has 3 aromatic rings. The number of benzene rings is 1. The molecular formula is C24H28N2O4S2. The van der Waals surface area contributed by atoms with Gasteiger partial charge in [0.1, 0.15) is 0 Å². The van der Waals surface area contributed by atoms with Crippen molar-refractivity contribution in [2.75, 3.05) is 41.5 Å². The molecule has 0 spiro atoms. The monoisotopic (exact) mass is 472 g/mol. The van der Waals surface area contributed by atoms with E-state index in [0.717, 1.165) is 18.5 Å². The molecule has 0 bridgehead atoms. The summed E-state index contributed by atoms with van der Waals surface area (Å²) < 4.78 is 16.5. The molecule has 32 heavy (non-hydrogen) atoms. The molecule has 8 heteroatoms. The van der Waals surface area contributed by atoms with Crippen LogP contribution in [0.5, 0.6) is 17.2 Å². The van der Waals surface area contributed by atoms with Gasteiger partial charge in [0.25, 0.3) is 0 Å². The van der Waals surface area contributed by atoms with Gasteiger partial charge in [-0.05, 0) is 48.0 Å². The second-order valence-electron chi connectivity index (χ2n) is 7.72. The zero-order valence-electron chi connectivity index (χ0n) is 18.8. The Balaban J connectivity index is 1.52. The van der Waals surface area contributed by atoms with Crippen molar-refractivity contribution in [3.63, 3.8) is 0 Å². The highest BCUT2D eigenvalue weighted by Crippen LogP contribution is 2.41. The van der Waals surface area contributed by atoms with E-state index in [-0.39, 0.29) is 11.9 Å². The van der Waals surface area contributed by atoms with Gasteiger partial charge >= 0.3 is 0 Å². The highest BCUT2D eigenvalue weighted by molar-refractivity contribution is 7.10. The Kier molecular flexibility index (Phi) is 7.03. The summed E-state index contributed by atoms with van der Waals surface area (Å²) in [4.78, 5) is 20.1. The van der Waals surface area contributed by atoms with Crippen LogP contribution in [0.1, 0.15) is 26.9 Å². The first-order valence-electron chi connectivity index (χ1n) is 10.4. The van der Waals surface area contributed by atoms with Crippen molar-refractivity contribution < 1.29 is 19.0 Å². The van der Waals surface area contributed by atoms with Gasteiger partial charge in [-0.1, -0.05) is 12.1 Å². The summed E-state index contributed by atoms with van der Waals surface area (Å²) >= 11 is 3.49. The van der Waals surface area contributed by atoms with Crippen LogP contribution >= 0.6 is 22.7 Å². The third kappa shape index (κ3) is 4.35. The highest BCUT2D eigenvalue weighted by atomic mass is 32.1. The molecule has 170 valence electrons. The first kappa shape index (κ1) is 22.6. The molecule has 0 radical (unpaired) electrons. The molecular weight excluding hydrogens is 444 g/mol. The standard InChI is InChI=1S/C24H28N2O4S2/c1-25(14-16-7-8-18(28-2)24(30-4)23(16)29-3)15-21(27)26-11-9-19-17(10-13-32-19)22(26)20-6-5-12-31-20/h5-8,10,12-13,22H,9,11,14-15H2,1-4H3. The fourth-order valence-electron chi connectivity index (χ4n) is 4.29. The lowest BCUT2D eigenvalue weighted by Crippen LogP contribution is -2.44. The maximum Gasteiger partial charge on any atom is 0.237 e. The third-order valence-corrected chi connectivity index (χ3v) is 7.65. The van der Waals surface area contributed by atoms with Crippen LogP contribution in [0.25, 0.3) is 0 Å². The smallest absolute Gasteiger partial charge is 0.237 e. The number of nitrogens with zero attached hydrogens (tertiary/aromatic N) is 2. The van der Waals surface area contributed by atoms with Crippen LogP contribution in [-0.4, -0.2) is 57.2 Å². The Bertz CT molecular complexity index is 1060. The molecule has 2 aromatic heterocycles. The first-order chi connectivity index (χ1) is 15.6. The van der Waals surface area contributed by atoms with E-state index in [1.54, 1.807) is 44.0 Å². The number of rotatable bonds is 8. The molecule has 1 aliphatic heterocycles. The summed E-state index contributed by atoms with van der Waals surface area (Å²) in [6.45, 7) is 1.61. The van der Waals surface area contributed by atoms with Gasteiger partial charge in [-0.15, -0.1) is 22.7 Å². The van der Waals surface area contributed by atoms with Crippen LogP contribution in [0.15, 0.2) is 41.1 Å². The zero-order valence-corrected chi connectivity index (χ0v) is 20.4. The molecule has 0 N–H and O–H groups in total. The van der Waals surface area contributed by atoms with Gasteiger partial charge in [0, 0.05) is 28.4 Å². The van der Waals surface area contributed by atoms with Crippen molar-refractivity contribution in [2.24, 2.45) is 0 Å². The van der Waals surface area contributed by atoms with Gasteiger partial charge in [-0.2, -0.15) is 0 Å². The molecule has 1 atom stereocenters. The Hall–Kier alpha value is -2.55. The summed E-state index contributed by atoms with van der Waals surface area (Å²) in [5.74, 6) is 1.93. The van der Waals surface area contributed by atoms with Crippen LogP contribution in [0.2, 0.25) is 0 Å². The third-order valence-electron chi connectivity index (χ3n) is 5.73. The normalized spacial score (nSPS) is 15.5. The molecule has 1 amide bonds. The van der Waals surface area contributed by atoms with E-state index in [0.29, 0.717) is 30.3 Å². The highest BCUT2D eigenvalue weighted by Gasteiger charge is 2.33. The molecule has 0 fully saturated rings. The van der Waals surface area contributed by atoms with Crippen molar-refractivity contribution in [2.45, 2.75) is 19.0 Å². The van der Waals surface area contributed by atoms with Crippen LogP contribution in [-0.2, 0) is 17.8 Å². The number of ether oxygens (including phenoxy) is 3. The van der Waals surface area contributed by atoms with Gasteiger partial charge in [0.2, 0.25) is 11.7 Å². The maximum atomic E-state index is 13.4. The zero-order chi connectivity index (χ0) is 22.7. The molecule has 1 aromatic carbocycles. The predicted molar refractivity (Wildman–Crippen MR) is 128 cm³/mol. The van der Waals surface area contributed by atoms with Crippen molar-refractivity contribution >= 4 is 28.6 Å². The number of hydrogen-bond acceptors (Lipinski definition) is 7. The van der Waals surface area contributed by atoms with Gasteiger partial charge in [0.05, 0.1) is 33.9 Å². The van der Waals surface area contributed by atoms with E-state index in [1.165, 1.54) is 15.3 Å². The number of methoxy groups -OCH3 is 3. The molecule has 1 unspecified atom stereocenters. The number of hydrogen-bond donors (Lipinski definition) is 0. The van der Waals surface area contributed by atoms with E-state index >= 15 is 0 Å². The lowest BCUT2D eigenvalue weighted by molar-refractivity contribution is -0.134. The molecule has 6 nitrogen and oxygen atoms in total. The largest absolute Gasteiger partial charge is 0.493 e. The minimum atomic E-state index is 0.00140. The van der Waals surface area contributed by atoms with Gasteiger partial charge in [-0.25, -0.2) is 0 Å². The summed E-state index contributed by atoms with van der Waals surface area (Å²) in [5.41, 5.74) is 2.20. The maximum absolute atomic E-state index is 13.4. The van der Waals surface area contributed by atoms with E-state index in [9.17, 15) is 4.79 Å². The SMILES string of the molecule is COc1ccc(CN(C)CC(=O)N2CCc3sccc3C2c2cccs2)c(OC)c1OC. The van der Waals surface area contributed by atoms with Crippen molar-refractivity contribution in [3.05, 3.63) is 62.0 Å². The summed E-state index contributed by atoms with van der Waals surface area (Å²) in [6, 6.07) is 10.2. The molecule has 0 saturated heterocycles. The fraction of sp³-hybridized carbons (Fsp3) is 0.375. The van der Waals surface area contributed by atoms with Crippen molar-refractivity contribution in [1.82, 2.24) is 9.80 Å². The minimum absolute atomic E-state index is 0.00140. The van der Waals surface area contributed by atoms with E-state index < -0.39 is 0 Å². The predicted octanol–water partition coefficient (Wildman–Crippen LogP) is 4.44. The van der Waals surface area contributed by atoms with E-state index in [2.05, 4.69) is 29.0 Å². The summed E-state index contributed by atoms with van der Waals surface area (Å²) in [5, 5.41) is 4.21. The molecule has 0 saturated carbocycles. The summed E-state index contributed by atoms with van der Waals surface area (Å²) in [6.07, 6.45) is 0.911. The quantitative estimate of drug-likeness (QED) is 0.485. The second-order valence-corrected chi connectivity index (χ2v) is 9.70. The second kappa shape index (κ2) is 9.94. The van der Waals surface area contributed by atoms with E-state index in [4.69, 9.17) is 14.2 Å². The van der Waals surface area contributed by atoms with Crippen molar-refractivity contribution in [1.29, 1.82) is 0 Å². The van der Waals surface area contributed by atoms with Crippen LogP contribution in [0.4, 0.5) is 0 Å². The lowest BCUT2D eigenvalue weighted by atomic mass is 9.98. The number of fused-ring (bicyclic) bond motifs is 1. The Morgan fingerprint density at radius 3 is 2.56 bits per heavy atom. The topological polar surface area (TPSA) is 51.2 Å². The number of thiophene rings is 2. The molecule has 1 aliphatic rings. The molecule has 3 heterocycles. The van der Waals surface area contributed by atoms with E-state index in [1.807, 2.05) is 29.0 Å². The summed E-state index contributed by atoms with van der Waals surface area (Å²) in [7, 11) is 6.76. The Morgan fingerprint density at radius 2 is 1.88 bits per heavy atom. The average molecular weight is 473 g/mol. The first-order valence-corrected chi connectivity index (χ1v) is 12.2. The molecule has 0 aliphatic carbocycles. The lowest BCUT2D eigenvalue weighted by Gasteiger charge is -2.36. The fourth-order valence-corrected chi connectivity index (χ4v) is 6.05. The van der Waals surface area contributed by atoms with Crippen LogP contribution in [0.3, 0.4) is 0 Å². The molecule has 4 rings (SSSR count). The number of carbonyl (C=O) groups excluding carboxylic acids is 1. The number of carbonyl (C=O) groups is 1. The number of likely N-dealkylation sites (N-methyl/N-ethyl adjacent to an activating group) is 1. The van der Waals surface area contributed by atoms with Crippen LogP contribution in [0, 0.1) is 0 Å². The Labute approximate surface area is 196 Å². The van der Waals surface area contributed by atoms with Gasteiger partial charge in [-0.3, -0.25) is 9.69 Å². The Morgan fingerprint density at radius 1 is 1.06 bits per heavy atom. The number of amides is 1. The van der Waals surface area contributed by atoms with Gasteiger partial charge < -0.3 is 19.1 Å². The minimum Gasteiger partial charge on any atom is -0.493 e. The van der Waals surface area contributed by atoms with Crippen molar-refractivity contribution in [3.8, 4) is 17.2 Å². The van der Waals surface area contributed by atoms with Gasteiger partial charge in [0.15, 0.2) is 11.5 Å². The average Bonchev–Trinajstić information content (AvgIpc) is 3.49.